The Morgan fingerprint density at radius 2 is 1.68 bits per heavy atom. The van der Waals surface area contributed by atoms with Gasteiger partial charge in [0.15, 0.2) is 12.4 Å². The number of halogens is 1. The van der Waals surface area contributed by atoms with Crippen LogP contribution in [0.4, 0.5) is 0 Å². The molecule has 1 unspecified atom stereocenters. The first-order valence-corrected chi connectivity index (χ1v) is 5.89. The van der Waals surface area contributed by atoms with Crippen molar-refractivity contribution in [3.63, 3.8) is 0 Å². The van der Waals surface area contributed by atoms with Gasteiger partial charge in [0.1, 0.15) is 0 Å². The number of pyridine rings is 1. The van der Waals surface area contributed by atoms with E-state index in [9.17, 15) is 4.79 Å². The Bertz CT molecular complexity index is 502. The zero-order valence-corrected chi connectivity index (χ0v) is 12.3. The van der Waals surface area contributed by atoms with E-state index in [1.54, 1.807) is 0 Å². The minimum absolute atomic E-state index is 0. The molecule has 0 radical (unpaired) electrons. The van der Waals surface area contributed by atoms with Gasteiger partial charge in [0.25, 0.3) is 6.04 Å². The van der Waals surface area contributed by atoms with Gasteiger partial charge in [0.2, 0.25) is 0 Å². The Morgan fingerprint density at radius 3 is 2.26 bits per heavy atom. The predicted molar refractivity (Wildman–Crippen MR) is 67.8 cm³/mol. The molecule has 3 nitrogen and oxygen atoms in total. The van der Waals surface area contributed by atoms with Crippen LogP contribution in [0.15, 0.2) is 60.9 Å². The molecule has 2 rings (SSSR count). The first kappa shape index (κ1) is 15.4. The number of nitrogens with zero attached hydrogens (tertiary/aromatic N) is 1. The number of carbonyl (C=O) groups excluding carboxylic acids is 1. The van der Waals surface area contributed by atoms with Crippen LogP contribution in [-0.4, -0.2) is 13.1 Å². The Kier molecular flexibility index (Phi) is 6.22. The summed E-state index contributed by atoms with van der Waals surface area (Å²) < 4.78 is 6.75. The van der Waals surface area contributed by atoms with E-state index in [0.29, 0.717) is 6.42 Å². The van der Waals surface area contributed by atoms with Gasteiger partial charge in [-0.2, -0.15) is 4.57 Å². The SMILES string of the molecule is COC(=O)C(Cc1ccccc1)[n+]1ccccc1.[Br-]. The van der Waals surface area contributed by atoms with Gasteiger partial charge in [0, 0.05) is 18.6 Å². The summed E-state index contributed by atoms with van der Waals surface area (Å²) in [4.78, 5) is 11.9. The summed E-state index contributed by atoms with van der Waals surface area (Å²) >= 11 is 0. The van der Waals surface area contributed by atoms with Gasteiger partial charge >= 0.3 is 5.97 Å². The molecule has 0 aliphatic rings. The Hall–Kier alpha value is -1.68. The van der Waals surface area contributed by atoms with E-state index in [2.05, 4.69) is 0 Å². The van der Waals surface area contributed by atoms with Gasteiger partial charge in [0.05, 0.1) is 7.11 Å². The highest BCUT2D eigenvalue weighted by Gasteiger charge is 2.28. The normalized spacial score (nSPS) is 11.2. The molecule has 0 fully saturated rings. The molecular formula is C15H16BrNO2. The molecular weight excluding hydrogens is 306 g/mol. The van der Waals surface area contributed by atoms with Gasteiger partial charge < -0.3 is 21.7 Å². The number of benzene rings is 1. The van der Waals surface area contributed by atoms with E-state index in [-0.39, 0.29) is 29.0 Å². The second-order valence-electron chi connectivity index (χ2n) is 4.05. The molecule has 19 heavy (non-hydrogen) atoms. The fraction of sp³-hybridized carbons (Fsp3) is 0.200. The van der Waals surface area contributed by atoms with Crippen molar-refractivity contribution in [1.29, 1.82) is 0 Å². The molecule has 1 aromatic heterocycles. The first-order chi connectivity index (χ1) is 8.81. The maximum Gasteiger partial charge on any atom is 0.375 e. The Balaban J connectivity index is 0.00000180. The molecule has 0 amide bonds. The van der Waals surface area contributed by atoms with E-state index in [1.165, 1.54) is 7.11 Å². The monoisotopic (exact) mass is 321 g/mol. The highest BCUT2D eigenvalue weighted by Crippen LogP contribution is 2.10. The van der Waals surface area contributed by atoms with Crippen LogP contribution in [0.25, 0.3) is 0 Å². The number of hydrogen-bond donors (Lipinski definition) is 0. The molecule has 0 saturated carbocycles. The lowest BCUT2D eigenvalue weighted by molar-refractivity contribution is -0.710. The average Bonchev–Trinajstić information content (AvgIpc) is 2.46. The Labute approximate surface area is 123 Å². The summed E-state index contributed by atoms with van der Waals surface area (Å²) in [5.74, 6) is -0.227. The zero-order valence-electron chi connectivity index (χ0n) is 10.7. The third-order valence-electron chi connectivity index (χ3n) is 2.84. The van der Waals surface area contributed by atoms with E-state index < -0.39 is 0 Å². The van der Waals surface area contributed by atoms with Crippen molar-refractivity contribution >= 4 is 5.97 Å². The van der Waals surface area contributed by atoms with Crippen molar-refractivity contribution in [2.45, 2.75) is 12.5 Å². The average molecular weight is 322 g/mol. The molecule has 0 spiro atoms. The quantitative estimate of drug-likeness (QED) is 0.530. The lowest BCUT2D eigenvalue weighted by atomic mass is 10.1. The largest absolute Gasteiger partial charge is 1.00 e. The number of methoxy groups -OCH3 is 1. The van der Waals surface area contributed by atoms with Crippen LogP contribution in [-0.2, 0) is 16.0 Å². The summed E-state index contributed by atoms with van der Waals surface area (Å²) in [6, 6.07) is 15.3. The molecule has 100 valence electrons. The number of rotatable bonds is 4. The number of ether oxygens (including phenoxy) is 1. The summed E-state index contributed by atoms with van der Waals surface area (Å²) in [6.45, 7) is 0. The maximum absolute atomic E-state index is 11.9. The van der Waals surface area contributed by atoms with E-state index in [1.807, 2.05) is 65.5 Å². The minimum atomic E-state index is -0.321. The number of carbonyl (C=O) groups is 1. The van der Waals surface area contributed by atoms with Crippen LogP contribution < -0.4 is 21.5 Å². The molecule has 0 N–H and O–H groups in total. The maximum atomic E-state index is 11.9. The summed E-state index contributed by atoms with van der Waals surface area (Å²) in [5, 5.41) is 0. The zero-order chi connectivity index (χ0) is 12.8. The lowest BCUT2D eigenvalue weighted by Gasteiger charge is -2.10. The molecule has 1 aromatic carbocycles. The number of esters is 1. The van der Waals surface area contributed by atoms with Crippen molar-refractivity contribution < 1.29 is 31.1 Å². The summed E-state index contributed by atoms with van der Waals surface area (Å²) in [7, 11) is 1.42. The summed E-state index contributed by atoms with van der Waals surface area (Å²) in [6.07, 6.45) is 4.39. The van der Waals surface area contributed by atoms with E-state index >= 15 is 0 Å². The molecule has 0 bridgehead atoms. The fourth-order valence-corrected chi connectivity index (χ4v) is 1.90. The number of aromatic nitrogens is 1. The second kappa shape index (κ2) is 7.69. The van der Waals surface area contributed by atoms with Crippen LogP contribution in [0.1, 0.15) is 11.6 Å². The van der Waals surface area contributed by atoms with Crippen molar-refractivity contribution in [2.75, 3.05) is 7.11 Å². The molecule has 4 heteroatoms. The van der Waals surface area contributed by atoms with Gasteiger partial charge in [-0.1, -0.05) is 36.4 Å². The van der Waals surface area contributed by atoms with Gasteiger partial charge in [-0.15, -0.1) is 0 Å². The standard InChI is InChI=1S/C15H16NO2.BrH/c1-18-15(17)14(16-10-6-3-7-11-16)12-13-8-4-2-5-9-13;/h2-11,14H,12H2,1H3;1H/q+1;/p-1. The van der Waals surface area contributed by atoms with Crippen molar-refractivity contribution in [3.05, 3.63) is 66.5 Å². The van der Waals surface area contributed by atoms with Crippen LogP contribution in [0.3, 0.4) is 0 Å². The fourth-order valence-electron chi connectivity index (χ4n) is 1.90. The van der Waals surface area contributed by atoms with Crippen molar-refractivity contribution in [3.8, 4) is 0 Å². The van der Waals surface area contributed by atoms with Gasteiger partial charge in [-0.05, 0) is 5.56 Å². The number of hydrogen-bond acceptors (Lipinski definition) is 2. The van der Waals surface area contributed by atoms with Crippen LogP contribution in [0.2, 0.25) is 0 Å². The molecule has 0 saturated heterocycles. The predicted octanol–water partition coefficient (Wildman–Crippen LogP) is -1.07. The highest BCUT2D eigenvalue weighted by atomic mass is 79.9. The third kappa shape index (κ3) is 4.17. The topological polar surface area (TPSA) is 30.2 Å². The van der Waals surface area contributed by atoms with Crippen molar-refractivity contribution in [2.24, 2.45) is 0 Å². The smallest absolute Gasteiger partial charge is 0.375 e. The lowest BCUT2D eigenvalue weighted by Crippen LogP contribution is -3.00. The van der Waals surface area contributed by atoms with Crippen molar-refractivity contribution in [1.82, 2.24) is 0 Å². The second-order valence-corrected chi connectivity index (χ2v) is 4.05. The third-order valence-corrected chi connectivity index (χ3v) is 2.84. The molecule has 0 aliphatic carbocycles. The van der Waals surface area contributed by atoms with Crippen LogP contribution in [0, 0.1) is 0 Å². The van der Waals surface area contributed by atoms with Crippen LogP contribution in [0.5, 0.6) is 0 Å². The Morgan fingerprint density at radius 1 is 1.11 bits per heavy atom. The molecule has 1 atom stereocenters. The molecule has 1 heterocycles. The molecule has 2 aromatic rings. The van der Waals surface area contributed by atoms with Crippen LogP contribution >= 0.6 is 0 Å². The molecule has 0 aliphatic heterocycles. The minimum Gasteiger partial charge on any atom is -1.00 e. The van der Waals surface area contributed by atoms with E-state index in [4.69, 9.17) is 4.74 Å². The van der Waals surface area contributed by atoms with E-state index in [0.717, 1.165) is 5.56 Å². The van der Waals surface area contributed by atoms with Gasteiger partial charge in [-0.25, -0.2) is 4.79 Å². The van der Waals surface area contributed by atoms with Gasteiger partial charge in [-0.3, -0.25) is 0 Å². The summed E-state index contributed by atoms with van der Waals surface area (Å²) in [5.41, 5.74) is 1.12. The highest BCUT2D eigenvalue weighted by molar-refractivity contribution is 5.72. The first-order valence-electron chi connectivity index (χ1n) is 5.89.